The van der Waals surface area contributed by atoms with E-state index in [1.54, 1.807) is 43.4 Å². The number of ether oxygens (including phenoxy) is 2. The molecule has 0 saturated carbocycles. The summed E-state index contributed by atoms with van der Waals surface area (Å²) >= 11 is 11.9. The van der Waals surface area contributed by atoms with Crippen LogP contribution in [0.5, 0.6) is 17.2 Å². The monoisotopic (exact) mass is 408 g/mol. The van der Waals surface area contributed by atoms with Gasteiger partial charge in [-0.15, -0.1) is 0 Å². The van der Waals surface area contributed by atoms with Gasteiger partial charge in [0.1, 0.15) is 23.3 Å². The van der Waals surface area contributed by atoms with Crippen LogP contribution in [-0.2, 0) is 9.59 Å². The van der Waals surface area contributed by atoms with Crippen LogP contribution in [0, 0.1) is 0 Å². The van der Waals surface area contributed by atoms with Crippen LogP contribution in [0.2, 0.25) is 10.0 Å². The Morgan fingerprint density at radius 1 is 1.15 bits per heavy atom. The zero-order valence-corrected chi connectivity index (χ0v) is 16.3. The molecule has 6 nitrogen and oxygen atoms in total. The fourth-order valence-corrected chi connectivity index (χ4v) is 3.14. The van der Waals surface area contributed by atoms with Gasteiger partial charge in [-0.2, -0.15) is 0 Å². The van der Waals surface area contributed by atoms with Gasteiger partial charge in [0.2, 0.25) is 11.8 Å². The highest BCUT2D eigenvalue weighted by atomic mass is 35.5. The molecule has 2 aromatic carbocycles. The zero-order chi connectivity index (χ0) is 19.6. The van der Waals surface area contributed by atoms with E-state index in [0.717, 1.165) is 0 Å². The van der Waals surface area contributed by atoms with Crippen LogP contribution in [0.15, 0.2) is 36.4 Å². The third kappa shape index (κ3) is 4.28. The van der Waals surface area contributed by atoms with Crippen LogP contribution >= 0.6 is 23.2 Å². The number of nitrogens with one attached hydrogen (secondary N) is 1. The molecule has 1 saturated heterocycles. The van der Waals surface area contributed by atoms with Crippen LogP contribution in [-0.4, -0.2) is 36.9 Å². The molecular weight excluding hydrogens is 391 g/mol. The number of nitrogens with zero attached hydrogens (tertiary/aromatic N) is 1. The van der Waals surface area contributed by atoms with E-state index < -0.39 is 6.04 Å². The van der Waals surface area contributed by atoms with Crippen LogP contribution in [0.25, 0.3) is 0 Å². The summed E-state index contributed by atoms with van der Waals surface area (Å²) < 4.78 is 11.1. The second kappa shape index (κ2) is 8.06. The smallest absolute Gasteiger partial charge is 0.247 e. The zero-order valence-electron chi connectivity index (χ0n) is 14.8. The standard InChI is InChI=1S/C19H18Cl2N2O4/c1-23-16(6-8-18(23)24)19(25)22-15-10-12(4-7-17(15)26-2)27-11-3-5-13(20)14(21)9-11/h3-5,7,9-10,16H,6,8H2,1-2H3,(H,22,25). The number of hydrogen-bond acceptors (Lipinski definition) is 4. The van der Waals surface area contributed by atoms with Crippen LogP contribution in [0.3, 0.4) is 0 Å². The summed E-state index contributed by atoms with van der Waals surface area (Å²) in [6.07, 6.45) is 0.856. The number of benzene rings is 2. The van der Waals surface area contributed by atoms with Gasteiger partial charge in [-0.05, 0) is 30.7 Å². The molecule has 0 bridgehead atoms. The summed E-state index contributed by atoms with van der Waals surface area (Å²) in [4.78, 5) is 25.7. The lowest BCUT2D eigenvalue weighted by atomic mass is 10.2. The number of carbonyl (C=O) groups is 2. The summed E-state index contributed by atoms with van der Waals surface area (Å²) in [5.41, 5.74) is 0.452. The van der Waals surface area contributed by atoms with Gasteiger partial charge in [-0.1, -0.05) is 23.2 Å². The predicted molar refractivity (Wildman–Crippen MR) is 104 cm³/mol. The number of amides is 2. The quantitative estimate of drug-likeness (QED) is 0.797. The number of likely N-dealkylation sites (tertiary alicyclic amines) is 1. The number of rotatable bonds is 5. The Kier molecular flexibility index (Phi) is 5.77. The van der Waals surface area contributed by atoms with Gasteiger partial charge < -0.3 is 19.7 Å². The van der Waals surface area contributed by atoms with Gasteiger partial charge in [0.15, 0.2) is 0 Å². The average molecular weight is 409 g/mol. The third-order valence-corrected chi connectivity index (χ3v) is 5.09. The van der Waals surface area contributed by atoms with Crippen molar-refractivity contribution in [1.29, 1.82) is 0 Å². The molecule has 27 heavy (non-hydrogen) atoms. The van der Waals surface area contributed by atoms with E-state index in [-0.39, 0.29) is 11.8 Å². The summed E-state index contributed by atoms with van der Waals surface area (Å²) in [7, 11) is 3.14. The lowest BCUT2D eigenvalue weighted by Crippen LogP contribution is -2.38. The van der Waals surface area contributed by atoms with Crippen LogP contribution in [0.4, 0.5) is 5.69 Å². The number of methoxy groups -OCH3 is 1. The van der Waals surface area contributed by atoms with Crippen molar-refractivity contribution in [3.05, 3.63) is 46.4 Å². The van der Waals surface area contributed by atoms with Crippen molar-refractivity contribution in [2.45, 2.75) is 18.9 Å². The Bertz CT molecular complexity index is 888. The number of halogens is 2. The van der Waals surface area contributed by atoms with E-state index in [9.17, 15) is 9.59 Å². The van der Waals surface area contributed by atoms with Crippen molar-refractivity contribution >= 4 is 40.7 Å². The molecule has 1 aliphatic rings. The maximum absolute atomic E-state index is 12.6. The number of anilines is 1. The lowest BCUT2D eigenvalue weighted by molar-refractivity contribution is -0.131. The van der Waals surface area contributed by atoms with E-state index in [1.807, 2.05) is 0 Å². The van der Waals surface area contributed by atoms with Crippen molar-refractivity contribution in [3.63, 3.8) is 0 Å². The van der Waals surface area contributed by atoms with Crippen LogP contribution < -0.4 is 14.8 Å². The first-order valence-electron chi connectivity index (χ1n) is 8.26. The molecule has 0 aromatic heterocycles. The van der Waals surface area contributed by atoms with Gasteiger partial charge >= 0.3 is 0 Å². The fourth-order valence-electron chi connectivity index (χ4n) is 2.85. The highest BCUT2D eigenvalue weighted by molar-refractivity contribution is 6.42. The van der Waals surface area contributed by atoms with Gasteiger partial charge in [0.25, 0.3) is 0 Å². The normalized spacial score (nSPS) is 16.4. The fraction of sp³-hybridized carbons (Fsp3) is 0.263. The maximum atomic E-state index is 12.6. The first-order chi connectivity index (χ1) is 12.9. The molecule has 3 rings (SSSR count). The Balaban J connectivity index is 1.80. The SMILES string of the molecule is COc1ccc(Oc2ccc(Cl)c(Cl)c2)cc1NC(=O)C1CCC(=O)N1C. The van der Waals surface area contributed by atoms with E-state index >= 15 is 0 Å². The minimum absolute atomic E-state index is 0.0428. The lowest BCUT2D eigenvalue weighted by Gasteiger charge is -2.20. The minimum atomic E-state index is -0.498. The summed E-state index contributed by atoms with van der Waals surface area (Å²) in [5, 5.41) is 3.63. The summed E-state index contributed by atoms with van der Waals surface area (Å²) in [6.45, 7) is 0. The van der Waals surface area contributed by atoms with E-state index in [4.69, 9.17) is 32.7 Å². The highest BCUT2D eigenvalue weighted by Crippen LogP contribution is 2.34. The summed E-state index contributed by atoms with van der Waals surface area (Å²) in [6, 6.07) is 9.48. The van der Waals surface area contributed by atoms with Gasteiger partial charge in [0, 0.05) is 25.6 Å². The molecule has 0 spiro atoms. The Morgan fingerprint density at radius 3 is 2.48 bits per heavy atom. The van der Waals surface area contributed by atoms with Gasteiger partial charge in [0.05, 0.1) is 22.8 Å². The average Bonchev–Trinajstić information content (AvgIpc) is 2.97. The molecule has 2 aromatic rings. The third-order valence-electron chi connectivity index (χ3n) is 4.35. The predicted octanol–water partition coefficient (Wildman–Crippen LogP) is 4.35. The molecule has 0 aliphatic carbocycles. The molecular formula is C19H18Cl2N2O4. The molecule has 1 atom stereocenters. The highest BCUT2D eigenvalue weighted by Gasteiger charge is 2.33. The molecule has 2 amide bonds. The number of hydrogen-bond donors (Lipinski definition) is 1. The summed E-state index contributed by atoms with van der Waals surface area (Å²) in [5.74, 6) is 1.16. The van der Waals surface area contributed by atoms with E-state index in [1.165, 1.54) is 12.0 Å². The van der Waals surface area contributed by atoms with Crippen molar-refractivity contribution in [3.8, 4) is 17.2 Å². The molecule has 142 valence electrons. The molecule has 0 radical (unpaired) electrons. The topological polar surface area (TPSA) is 67.9 Å². The molecule has 1 heterocycles. The molecule has 1 N–H and O–H groups in total. The number of carbonyl (C=O) groups excluding carboxylic acids is 2. The largest absolute Gasteiger partial charge is 0.495 e. The number of likely N-dealkylation sites (N-methyl/N-ethyl adjacent to an activating group) is 1. The van der Waals surface area contributed by atoms with Gasteiger partial charge in [-0.25, -0.2) is 0 Å². The Morgan fingerprint density at radius 2 is 1.85 bits per heavy atom. The van der Waals surface area contributed by atoms with E-state index in [2.05, 4.69) is 5.32 Å². The molecule has 1 unspecified atom stereocenters. The molecule has 1 fully saturated rings. The maximum Gasteiger partial charge on any atom is 0.247 e. The first kappa shape index (κ1) is 19.3. The second-order valence-electron chi connectivity index (χ2n) is 6.09. The van der Waals surface area contributed by atoms with Crippen molar-refractivity contribution in [1.82, 2.24) is 4.90 Å². The van der Waals surface area contributed by atoms with Crippen molar-refractivity contribution in [2.24, 2.45) is 0 Å². The van der Waals surface area contributed by atoms with Crippen molar-refractivity contribution in [2.75, 3.05) is 19.5 Å². The molecule has 1 aliphatic heterocycles. The van der Waals surface area contributed by atoms with Crippen molar-refractivity contribution < 1.29 is 19.1 Å². The second-order valence-corrected chi connectivity index (χ2v) is 6.90. The Hall–Kier alpha value is -2.44. The Labute approximate surface area is 167 Å². The first-order valence-corrected chi connectivity index (χ1v) is 9.02. The molecule has 8 heteroatoms. The minimum Gasteiger partial charge on any atom is -0.495 e. The van der Waals surface area contributed by atoms with Gasteiger partial charge in [-0.3, -0.25) is 9.59 Å². The van der Waals surface area contributed by atoms with E-state index in [0.29, 0.717) is 45.8 Å². The van der Waals surface area contributed by atoms with Crippen LogP contribution in [0.1, 0.15) is 12.8 Å².